The van der Waals surface area contributed by atoms with Crippen molar-refractivity contribution in [1.29, 1.82) is 0 Å². The molecule has 0 bridgehead atoms. The first-order valence-electron chi connectivity index (χ1n) is 8.17. The molecule has 0 aliphatic rings. The van der Waals surface area contributed by atoms with Gasteiger partial charge in [0, 0.05) is 17.8 Å². The van der Waals surface area contributed by atoms with Gasteiger partial charge in [-0.3, -0.25) is 4.79 Å². The lowest BCUT2D eigenvalue weighted by atomic mass is 10.2. The summed E-state index contributed by atoms with van der Waals surface area (Å²) in [5.74, 6) is -0.500. The van der Waals surface area contributed by atoms with Crippen LogP contribution >= 0.6 is 0 Å². The van der Waals surface area contributed by atoms with Gasteiger partial charge in [0.15, 0.2) is 0 Å². The summed E-state index contributed by atoms with van der Waals surface area (Å²) in [4.78, 5) is 12.5. The fraction of sp³-hybridized carbons (Fsp3) is 0.167. The van der Waals surface area contributed by atoms with Gasteiger partial charge < -0.3 is 5.32 Å². The maximum absolute atomic E-state index is 12.4. The molecule has 8 nitrogen and oxygen atoms in total. The van der Waals surface area contributed by atoms with Crippen LogP contribution in [0.15, 0.2) is 64.9 Å². The number of amides is 1. The predicted molar refractivity (Wildman–Crippen MR) is 107 cm³/mol. The monoisotopic (exact) mass is 423 g/mol. The summed E-state index contributed by atoms with van der Waals surface area (Å²) in [5, 5.41) is 2.61. The van der Waals surface area contributed by atoms with Gasteiger partial charge in [-0.1, -0.05) is 12.1 Å². The van der Waals surface area contributed by atoms with E-state index in [4.69, 9.17) is 0 Å². The molecule has 0 heterocycles. The van der Waals surface area contributed by atoms with E-state index in [2.05, 4.69) is 21.3 Å². The zero-order chi connectivity index (χ0) is 20.9. The molecular weight excluding hydrogens is 402 g/mol. The van der Waals surface area contributed by atoms with Crippen LogP contribution in [-0.2, 0) is 20.0 Å². The van der Waals surface area contributed by atoms with Crippen LogP contribution in [0.1, 0.15) is 15.9 Å². The lowest BCUT2D eigenvalue weighted by Crippen LogP contribution is -2.23. The molecule has 2 rings (SSSR count). The highest BCUT2D eigenvalue weighted by Crippen LogP contribution is 2.21. The normalized spacial score (nSPS) is 11.8. The lowest BCUT2D eigenvalue weighted by Gasteiger charge is -2.11. The SMILES string of the molecule is C=CCNS(=O)(=O)c1ccc(C(=O)Nc2ccc(C)c(S(=O)(=O)NC)c2)cc1. The van der Waals surface area contributed by atoms with Crippen molar-refractivity contribution in [1.82, 2.24) is 9.44 Å². The molecule has 0 radical (unpaired) electrons. The maximum atomic E-state index is 12.4. The van der Waals surface area contributed by atoms with Crippen molar-refractivity contribution in [2.75, 3.05) is 18.9 Å². The van der Waals surface area contributed by atoms with Gasteiger partial charge in [0.05, 0.1) is 9.79 Å². The van der Waals surface area contributed by atoms with Crippen LogP contribution in [0, 0.1) is 6.92 Å². The van der Waals surface area contributed by atoms with E-state index in [0.29, 0.717) is 11.3 Å². The number of hydrogen-bond acceptors (Lipinski definition) is 5. The van der Waals surface area contributed by atoms with Gasteiger partial charge >= 0.3 is 0 Å². The van der Waals surface area contributed by atoms with Crippen molar-refractivity contribution in [3.8, 4) is 0 Å². The molecule has 0 aromatic heterocycles. The molecule has 0 fully saturated rings. The maximum Gasteiger partial charge on any atom is 0.255 e. The number of hydrogen-bond donors (Lipinski definition) is 3. The molecule has 0 aliphatic carbocycles. The van der Waals surface area contributed by atoms with Crippen LogP contribution in [0.4, 0.5) is 5.69 Å². The molecule has 0 aliphatic heterocycles. The summed E-state index contributed by atoms with van der Waals surface area (Å²) >= 11 is 0. The zero-order valence-corrected chi connectivity index (χ0v) is 17.0. The minimum atomic E-state index is -3.68. The Hall–Kier alpha value is -2.53. The van der Waals surface area contributed by atoms with Crippen LogP contribution in [0.25, 0.3) is 0 Å². The van der Waals surface area contributed by atoms with E-state index in [1.807, 2.05) is 0 Å². The van der Waals surface area contributed by atoms with E-state index in [1.54, 1.807) is 19.1 Å². The Kier molecular flexibility index (Phi) is 6.73. The highest BCUT2D eigenvalue weighted by Gasteiger charge is 2.17. The molecule has 1 amide bonds. The van der Waals surface area contributed by atoms with Gasteiger partial charge in [0.1, 0.15) is 0 Å². The van der Waals surface area contributed by atoms with E-state index in [9.17, 15) is 21.6 Å². The van der Waals surface area contributed by atoms with Crippen molar-refractivity contribution in [3.05, 3.63) is 66.2 Å². The minimum Gasteiger partial charge on any atom is -0.322 e. The Morgan fingerprint density at radius 2 is 1.68 bits per heavy atom. The number of aryl methyl sites for hydroxylation is 1. The highest BCUT2D eigenvalue weighted by molar-refractivity contribution is 7.89. The van der Waals surface area contributed by atoms with Crippen LogP contribution in [-0.4, -0.2) is 36.3 Å². The van der Waals surface area contributed by atoms with Gasteiger partial charge in [-0.2, -0.15) is 0 Å². The van der Waals surface area contributed by atoms with Crippen molar-refractivity contribution >= 4 is 31.6 Å². The van der Waals surface area contributed by atoms with Crippen molar-refractivity contribution in [2.45, 2.75) is 16.7 Å². The average Bonchev–Trinajstić information content (AvgIpc) is 2.67. The Labute approximate surface area is 164 Å². The summed E-state index contributed by atoms with van der Waals surface area (Å²) in [6.45, 7) is 5.19. The van der Waals surface area contributed by atoms with Crippen LogP contribution in [0.3, 0.4) is 0 Å². The molecule has 0 unspecified atom stereocenters. The van der Waals surface area contributed by atoms with Crippen LogP contribution in [0.5, 0.6) is 0 Å². The van der Waals surface area contributed by atoms with Gasteiger partial charge in [-0.25, -0.2) is 26.3 Å². The molecule has 3 N–H and O–H groups in total. The van der Waals surface area contributed by atoms with E-state index in [-0.39, 0.29) is 21.9 Å². The van der Waals surface area contributed by atoms with Crippen molar-refractivity contribution < 1.29 is 21.6 Å². The molecule has 0 saturated carbocycles. The Morgan fingerprint density at radius 1 is 1.04 bits per heavy atom. The van der Waals surface area contributed by atoms with Gasteiger partial charge in [-0.05, 0) is 55.9 Å². The first kappa shape index (κ1) is 21.8. The lowest BCUT2D eigenvalue weighted by molar-refractivity contribution is 0.102. The molecule has 10 heteroatoms. The van der Waals surface area contributed by atoms with Gasteiger partial charge in [0.2, 0.25) is 20.0 Å². The summed E-state index contributed by atoms with van der Waals surface area (Å²) in [6, 6.07) is 9.89. The Morgan fingerprint density at radius 3 is 2.25 bits per heavy atom. The van der Waals surface area contributed by atoms with Crippen molar-refractivity contribution in [2.24, 2.45) is 0 Å². The van der Waals surface area contributed by atoms with Crippen molar-refractivity contribution in [3.63, 3.8) is 0 Å². The second-order valence-electron chi connectivity index (χ2n) is 5.81. The second-order valence-corrected chi connectivity index (χ2v) is 9.43. The fourth-order valence-corrected chi connectivity index (χ4v) is 4.31. The molecule has 0 spiro atoms. The average molecular weight is 424 g/mol. The minimum absolute atomic E-state index is 0.0173. The van der Waals surface area contributed by atoms with E-state index < -0.39 is 26.0 Å². The smallest absolute Gasteiger partial charge is 0.255 e. The third-order valence-electron chi connectivity index (χ3n) is 3.85. The van der Waals surface area contributed by atoms with Crippen LogP contribution < -0.4 is 14.8 Å². The summed E-state index contributed by atoms with van der Waals surface area (Å²) in [7, 11) is -6.04. The van der Waals surface area contributed by atoms with E-state index in [0.717, 1.165) is 0 Å². The van der Waals surface area contributed by atoms with Crippen LogP contribution in [0.2, 0.25) is 0 Å². The molecular formula is C18H21N3O5S2. The Balaban J connectivity index is 2.22. The largest absolute Gasteiger partial charge is 0.322 e. The molecule has 2 aromatic carbocycles. The number of carbonyl (C=O) groups is 1. The van der Waals surface area contributed by atoms with Gasteiger partial charge in [0.25, 0.3) is 5.91 Å². The first-order valence-corrected chi connectivity index (χ1v) is 11.1. The third kappa shape index (κ3) is 5.04. The van der Waals surface area contributed by atoms with E-state index in [1.165, 1.54) is 43.5 Å². The molecule has 28 heavy (non-hydrogen) atoms. The molecule has 2 aromatic rings. The molecule has 150 valence electrons. The first-order chi connectivity index (χ1) is 13.1. The zero-order valence-electron chi connectivity index (χ0n) is 15.4. The number of rotatable bonds is 8. The standard InChI is InChI=1S/C18H21N3O5S2/c1-4-11-20-27(23,24)16-9-6-14(7-10-16)18(22)21-15-8-5-13(2)17(12-15)28(25,26)19-3/h4-10,12,19-20H,1,11H2,2-3H3,(H,21,22). The molecule has 0 atom stereocenters. The third-order valence-corrected chi connectivity index (χ3v) is 6.84. The second kappa shape index (κ2) is 8.65. The van der Waals surface area contributed by atoms with E-state index >= 15 is 0 Å². The van der Waals surface area contributed by atoms with Gasteiger partial charge in [-0.15, -0.1) is 6.58 Å². The summed E-state index contributed by atoms with van der Waals surface area (Å²) < 4.78 is 52.7. The summed E-state index contributed by atoms with van der Waals surface area (Å²) in [6.07, 6.45) is 1.42. The fourth-order valence-electron chi connectivity index (χ4n) is 2.32. The number of sulfonamides is 2. The predicted octanol–water partition coefficient (Wildman–Crippen LogP) is 1.62. The topological polar surface area (TPSA) is 121 Å². The summed E-state index contributed by atoms with van der Waals surface area (Å²) in [5.41, 5.74) is 1.06. The molecule has 0 saturated heterocycles. The highest BCUT2D eigenvalue weighted by atomic mass is 32.2. The number of carbonyl (C=O) groups excluding carboxylic acids is 1. The Bertz CT molecular complexity index is 1090. The quantitative estimate of drug-likeness (QED) is 0.557. The number of anilines is 1. The number of nitrogens with one attached hydrogen (secondary N) is 3. The number of benzene rings is 2.